The Labute approximate surface area is 212 Å². The van der Waals surface area contributed by atoms with Gasteiger partial charge in [-0.1, -0.05) is 0 Å². The first kappa shape index (κ1) is 26.2. The van der Waals surface area contributed by atoms with Crippen LogP contribution in [0.25, 0.3) is 0 Å². The molecule has 1 fully saturated rings. The van der Waals surface area contributed by atoms with Gasteiger partial charge >= 0.3 is 0 Å². The molecule has 0 spiro atoms. The first-order valence-electron chi connectivity index (χ1n) is 11.2. The van der Waals surface area contributed by atoms with Gasteiger partial charge in [-0.05, 0) is 95.8 Å². The number of nitrogens with zero attached hydrogens (tertiary/aromatic N) is 4. The lowest BCUT2D eigenvalue weighted by atomic mass is 10.1. The Bertz CT molecular complexity index is 1190. The third-order valence-corrected chi connectivity index (χ3v) is 5.63. The lowest BCUT2D eigenvalue weighted by molar-refractivity contribution is 0.227. The zero-order valence-electron chi connectivity index (χ0n) is 19.6. The van der Waals surface area contributed by atoms with Crippen molar-refractivity contribution in [1.29, 1.82) is 0 Å². The second-order valence-electron chi connectivity index (χ2n) is 8.38. The summed E-state index contributed by atoms with van der Waals surface area (Å²) < 4.78 is 20.8. The molecule has 10 heteroatoms. The highest BCUT2D eigenvalue weighted by atomic mass is 79.9. The molecule has 4 N–H and O–H groups in total. The number of halogens is 2. The standard InChI is InChI=1S/C25H28BrFN6O2/c1-15(29)7-21(8-18(11-28)13-30-12-17-3-4-17)32-23-6-5-20(27)10-22(23)16(2)35-24-9-19(26)14-31-25(24)33-34/h5-7,9-11,13-14,16-17H,3-4,8,12,28-29H2,1-2H3. The Morgan fingerprint density at radius 2 is 2.14 bits per heavy atom. The van der Waals surface area contributed by atoms with Crippen molar-refractivity contribution in [1.82, 2.24) is 4.98 Å². The molecule has 3 rings (SSSR count). The quantitative estimate of drug-likeness (QED) is 0.259. The monoisotopic (exact) mass is 542 g/mol. The van der Waals surface area contributed by atoms with E-state index in [1.165, 1.54) is 37.4 Å². The molecule has 1 atom stereocenters. The lowest BCUT2D eigenvalue weighted by Gasteiger charge is -2.18. The van der Waals surface area contributed by atoms with E-state index >= 15 is 0 Å². The van der Waals surface area contributed by atoms with Crippen LogP contribution in [0.5, 0.6) is 5.75 Å². The molecule has 184 valence electrons. The maximum absolute atomic E-state index is 14.2. The number of nitroso groups, excluding NO2 is 1. The highest BCUT2D eigenvalue weighted by Crippen LogP contribution is 2.35. The lowest BCUT2D eigenvalue weighted by Crippen LogP contribution is -2.07. The Kier molecular flexibility index (Phi) is 9.25. The third-order valence-electron chi connectivity index (χ3n) is 5.19. The van der Waals surface area contributed by atoms with E-state index in [2.05, 4.69) is 31.1 Å². The van der Waals surface area contributed by atoms with Gasteiger partial charge in [-0.3, -0.25) is 9.98 Å². The van der Waals surface area contributed by atoms with Crippen molar-refractivity contribution >= 4 is 39.4 Å². The van der Waals surface area contributed by atoms with Gasteiger partial charge in [-0.2, -0.15) is 0 Å². The minimum Gasteiger partial charge on any atom is -0.482 e. The molecule has 2 aromatic rings. The van der Waals surface area contributed by atoms with E-state index in [-0.39, 0.29) is 11.6 Å². The Balaban J connectivity index is 1.92. The largest absolute Gasteiger partial charge is 0.482 e. The zero-order valence-corrected chi connectivity index (χ0v) is 21.2. The summed E-state index contributed by atoms with van der Waals surface area (Å²) in [6.07, 6.45) is 8.59. The van der Waals surface area contributed by atoms with E-state index in [1.54, 1.807) is 38.3 Å². The molecule has 1 aliphatic rings. The van der Waals surface area contributed by atoms with Gasteiger partial charge in [0.15, 0.2) is 5.75 Å². The molecule has 1 saturated carbocycles. The van der Waals surface area contributed by atoms with E-state index in [1.807, 2.05) is 0 Å². The van der Waals surface area contributed by atoms with Crippen LogP contribution in [0.15, 0.2) is 73.6 Å². The molecule has 0 aliphatic heterocycles. The van der Waals surface area contributed by atoms with Crippen LogP contribution in [-0.4, -0.2) is 23.5 Å². The maximum Gasteiger partial charge on any atom is 0.239 e. The summed E-state index contributed by atoms with van der Waals surface area (Å²) in [5, 5.41) is 2.90. The number of ether oxygens (including phenoxy) is 1. The molecule has 35 heavy (non-hydrogen) atoms. The van der Waals surface area contributed by atoms with Gasteiger partial charge in [0.1, 0.15) is 11.9 Å². The van der Waals surface area contributed by atoms with Crippen molar-refractivity contribution < 1.29 is 9.13 Å². The summed E-state index contributed by atoms with van der Waals surface area (Å²) in [6, 6.07) is 5.81. The fraction of sp³-hybridized carbons (Fsp3) is 0.320. The predicted molar refractivity (Wildman–Crippen MR) is 141 cm³/mol. The van der Waals surface area contributed by atoms with Crippen molar-refractivity contribution in [2.45, 2.75) is 39.2 Å². The summed E-state index contributed by atoms with van der Waals surface area (Å²) in [7, 11) is 0. The average Bonchev–Trinajstić information content (AvgIpc) is 3.63. The summed E-state index contributed by atoms with van der Waals surface area (Å²) >= 11 is 3.30. The highest BCUT2D eigenvalue weighted by molar-refractivity contribution is 9.10. The molecule has 1 unspecified atom stereocenters. The molecule has 1 aromatic carbocycles. The molecule has 0 saturated heterocycles. The van der Waals surface area contributed by atoms with E-state index in [0.717, 1.165) is 12.1 Å². The first-order valence-corrected chi connectivity index (χ1v) is 11.9. The third kappa shape index (κ3) is 8.10. The zero-order chi connectivity index (χ0) is 25.4. The van der Waals surface area contributed by atoms with Crippen LogP contribution >= 0.6 is 15.9 Å². The van der Waals surface area contributed by atoms with Crippen LogP contribution < -0.4 is 16.2 Å². The number of benzene rings is 1. The molecule has 1 aromatic heterocycles. The minimum absolute atomic E-state index is 0.105. The second kappa shape index (κ2) is 12.3. The van der Waals surface area contributed by atoms with E-state index < -0.39 is 11.9 Å². The normalized spacial score (nSPS) is 15.9. The van der Waals surface area contributed by atoms with Crippen molar-refractivity contribution in [3.05, 3.63) is 74.8 Å². The predicted octanol–water partition coefficient (Wildman–Crippen LogP) is 6.17. The van der Waals surface area contributed by atoms with Gasteiger partial charge in [0.2, 0.25) is 5.82 Å². The number of aromatic nitrogens is 1. The van der Waals surface area contributed by atoms with E-state index in [9.17, 15) is 9.30 Å². The van der Waals surface area contributed by atoms with Crippen molar-refractivity contribution in [3.8, 4) is 5.75 Å². The molecular weight excluding hydrogens is 515 g/mol. The number of hydrogen-bond acceptors (Lipinski definition) is 8. The van der Waals surface area contributed by atoms with Gasteiger partial charge in [-0.25, -0.2) is 9.37 Å². The van der Waals surface area contributed by atoms with Gasteiger partial charge in [-0.15, -0.1) is 4.91 Å². The van der Waals surface area contributed by atoms with Crippen LogP contribution in [0.4, 0.5) is 15.9 Å². The molecule has 8 nitrogen and oxygen atoms in total. The Morgan fingerprint density at radius 1 is 1.37 bits per heavy atom. The number of allylic oxidation sites excluding steroid dienone is 3. The van der Waals surface area contributed by atoms with Gasteiger partial charge in [0.25, 0.3) is 0 Å². The van der Waals surface area contributed by atoms with Crippen LogP contribution in [-0.2, 0) is 0 Å². The number of aliphatic imine (C=N–C) groups is 2. The summed E-state index contributed by atoms with van der Waals surface area (Å²) in [6.45, 7) is 4.27. The molecule has 1 aliphatic carbocycles. The smallest absolute Gasteiger partial charge is 0.239 e. The number of rotatable bonds is 11. The van der Waals surface area contributed by atoms with Gasteiger partial charge in [0.05, 0.1) is 5.69 Å². The SMILES string of the molecule is CC(N)=CC(CC(C=NCC1CC1)=CN)=Nc1ccc(F)cc1C(C)Oc1cc(Br)cnc1N=O. The topological polar surface area (TPSA) is 128 Å². The average molecular weight is 543 g/mol. The summed E-state index contributed by atoms with van der Waals surface area (Å²) in [5.41, 5.74) is 14.7. The molecule has 1 heterocycles. The molecule has 0 radical (unpaired) electrons. The van der Waals surface area contributed by atoms with Crippen LogP contribution in [0.1, 0.15) is 44.8 Å². The van der Waals surface area contributed by atoms with Gasteiger partial charge in [0, 0.05) is 46.8 Å². The Hall–Kier alpha value is -3.40. The fourth-order valence-corrected chi connectivity index (χ4v) is 3.60. The number of hydrogen-bond donors (Lipinski definition) is 2. The van der Waals surface area contributed by atoms with E-state index in [4.69, 9.17) is 21.2 Å². The number of nitrogens with two attached hydrogens (primary N) is 2. The first-order chi connectivity index (χ1) is 16.8. The summed E-state index contributed by atoms with van der Waals surface area (Å²) in [4.78, 5) is 24.3. The van der Waals surface area contributed by atoms with E-state index in [0.29, 0.717) is 39.5 Å². The van der Waals surface area contributed by atoms with Crippen molar-refractivity contribution in [2.24, 2.45) is 32.5 Å². The van der Waals surface area contributed by atoms with Crippen LogP contribution in [0.3, 0.4) is 0 Å². The number of pyridine rings is 1. The Morgan fingerprint density at radius 3 is 2.80 bits per heavy atom. The maximum atomic E-state index is 14.2. The molecule has 0 bridgehead atoms. The minimum atomic E-state index is -0.671. The summed E-state index contributed by atoms with van der Waals surface area (Å²) in [5.74, 6) is 0.284. The van der Waals surface area contributed by atoms with Crippen LogP contribution in [0.2, 0.25) is 0 Å². The van der Waals surface area contributed by atoms with Crippen molar-refractivity contribution in [2.75, 3.05) is 6.54 Å². The molecular formula is C25H28BrFN6O2. The van der Waals surface area contributed by atoms with Crippen molar-refractivity contribution in [3.63, 3.8) is 0 Å². The van der Waals surface area contributed by atoms with Crippen LogP contribution in [0, 0.1) is 16.6 Å². The second-order valence-corrected chi connectivity index (χ2v) is 9.29. The molecule has 0 amide bonds. The van der Waals surface area contributed by atoms with Gasteiger partial charge < -0.3 is 16.2 Å². The highest BCUT2D eigenvalue weighted by Gasteiger charge is 2.20. The fourth-order valence-electron chi connectivity index (χ4n) is 3.29.